The molecule has 1 rings (SSSR count). The Morgan fingerprint density at radius 2 is 2.08 bits per heavy atom. The van der Waals surface area contributed by atoms with Gasteiger partial charge < -0.3 is 21.7 Å². The molecule has 25 heavy (non-hydrogen) atoms. The van der Waals surface area contributed by atoms with Crippen LogP contribution in [-0.2, 0) is 14.4 Å². The first kappa shape index (κ1) is 21.2. The van der Waals surface area contributed by atoms with Crippen molar-refractivity contribution in [3.63, 3.8) is 0 Å². The topological polar surface area (TPSA) is 126 Å². The van der Waals surface area contributed by atoms with E-state index in [0.29, 0.717) is 38.2 Å². The molecule has 0 aromatic heterocycles. The van der Waals surface area contributed by atoms with E-state index >= 15 is 0 Å². The molecule has 0 radical (unpaired) electrons. The minimum atomic E-state index is -0.556. The summed E-state index contributed by atoms with van der Waals surface area (Å²) < 4.78 is 0. The van der Waals surface area contributed by atoms with E-state index in [1.165, 1.54) is 6.92 Å². The van der Waals surface area contributed by atoms with Gasteiger partial charge in [0.1, 0.15) is 11.9 Å². The second kappa shape index (κ2) is 11.7. The summed E-state index contributed by atoms with van der Waals surface area (Å²) in [5.74, 6) is -0.348. The lowest BCUT2D eigenvalue weighted by Crippen LogP contribution is -2.48. The van der Waals surface area contributed by atoms with Crippen LogP contribution >= 0.6 is 11.6 Å². The molecule has 0 aromatic rings. The third-order valence-electron chi connectivity index (χ3n) is 3.97. The molecule has 1 heterocycles. The number of hydrogen-bond donors (Lipinski definition) is 4. The number of hydrogen-bond acceptors (Lipinski definition) is 4. The van der Waals surface area contributed by atoms with E-state index < -0.39 is 6.04 Å². The van der Waals surface area contributed by atoms with Crippen molar-refractivity contribution in [3.05, 3.63) is 0 Å². The zero-order valence-electron chi connectivity index (χ0n) is 14.6. The van der Waals surface area contributed by atoms with E-state index in [1.54, 1.807) is 0 Å². The van der Waals surface area contributed by atoms with Gasteiger partial charge in [-0.2, -0.15) is 0 Å². The van der Waals surface area contributed by atoms with Crippen molar-refractivity contribution in [1.82, 2.24) is 16.0 Å². The van der Waals surface area contributed by atoms with Gasteiger partial charge in [-0.15, -0.1) is 11.6 Å². The smallest absolute Gasteiger partial charge is 0.242 e. The van der Waals surface area contributed by atoms with Crippen molar-refractivity contribution >= 4 is 35.2 Å². The van der Waals surface area contributed by atoms with Crippen molar-refractivity contribution in [3.8, 4) is 0 Å². The molecule has 0 bridgehead atoms. The summed E-state index contributed by atoms with van der Waals surface area (Å²) in [4.78, 5) is 39.9. The van der Waals surface area contributed by atoms with Gasteiger partial charge >= 0.3 is 0 Å². The number of carbonyl (C=O) groups excluding carboxylic acids is 3. The first-order valence-corrected chi connectivity index (χ1v) is 9.14. The fourth-order valence-corrected chi connectivity index (χ4v) is 2.70. The van der Waals surface area contributed by atoms with Crippen LogP contribution in [0, 0.1) is 5.92 Å². The number of carbonyl (C=O) groups is 3. The van der Waals surface area contributed by atoms with E-state index in [0.717, 1.165) is 12.8 Å². The maximum Gasteiger partial charge on any atom is 0.242 e. The number of amides is 3. The quantitative estimate of drug-likeness (QED) is 0.224. The van der Waals surface area contributed by atoms with Gasteiger partial charge in [-0.3, -0.25) is 19.4 Å². The van der Waals surface area contributed by atoms with Crippen LogP contribution in [0.4, 0.5) is 0 Å². The van der Waals surface area contributed by atoms with Crippen molar-refractivity contribution in [1.29, 1.82) is 0 Å². The van der Waals surface area contributed by atoms with E-state index in [4.69, 9.17) is 17.3 Å². The van der Waals surface area contributed by atoms with E-state index in [-0.39, 0.29) is 36.1 Å². The molecular formula is C16H28ClN5O3. The van der Waals surface area contributed by atoms with Crippen molar-refractivity contribution in [2.45, 2.75) is 45.1 Å². The normalized spacial score (nSPS) is 23.2. The molecule has 0 aromatic carbocycles. The average molecular weight is 374 g/mol. The largest absolute Gasteiger partial charge is 0.386 e. The lowest BCUT2D eigenvalue weighted by molar-refractivity contribution is -0.129. The number of nitrogens with one attached hydrogen (secondary N) is 3. The predicted octanol–water partition coefficient (Wildman–Crippen LogP) is -0.100. The molecule has 1 aliphatic heterocycles. The molecule has 0 spiro atoms. The molecule has 8 nitrogen and oxygen atoms in total. The third-order valence-corrected chi connectivity index (χ3v) is 4.24. The number of aliphatic imine (C=N–C) groups is 1. The fourth-order valence-electron chi connectivity index (χ4n) is 2.62. The minimum absolute atomic E-state index is 0.0763. The lowest BCUT2D eigenvalue weighted by Gasteiger charge is -2.19. The van der Waals surface area contributed by atoms with E-state index in [9.17, 15) is 14.4 Å². The van der Waals surface area contributed by atoms with Crippen molar-refractivity contribution in [2.75, 3.05) is 25.5 Å². The summed E-state index contributed by atoms with van der Waals surface area (Å²) in [6.45, 7) is 2.67. The molecular weight excluding hydrogens is 346 g/mol. The zero-order valence-corrected chi connectivity index (χ0v) is 15.4. The maximum atomic E-state index is 12.3. The summed E-state index contributed by atoms with van der Waals surface area (Å²) in [7, 11) is 0. The van der Waals surface area contributed by atoms with Gasteiger partial charge in [-0.05, 0) is 32.1 Å². The average Bonchev–Trinajstić information content (AvgIpc) is 2.60. The Bertz CT molecular complexity index is 498. The third kappa shape index (κ3) is 8.72. The second-order valence-corrected chi connectivity index (χ2v) is 6.40. The zero-order chi connectivity index (χ0) is 18.7. The molecule has 0 aliphatic carbocycles. The summed E-state index contributed by atoms with van der Waals surface area (Å²) in [6, 6.07) is -0.556. The molecule has 1 saturated heterocycles. The predicted molar refractivity (Wildman–Crippen MR) is 97.4 cm³/mol. The highest BCUT2D eigenvalue weighted by molar-refractivity contribution is 6.27. The van der Waals surface area contributed by atoms with Crippen LogP contribution in [0.15, 0.2) is 4.99 Å². The Balaban J connectivity index is 2.62. The summed E-state index contributed by atoms with van der Waals surface area (Å²) >= 11 is 5.56. The van der Waals surface area contributed by atoms with Crippen LogP contribution in [0.3, 0.4) is 0 Å². The molecule has 3 amide bonds. The first-order chi connectivity index (χ1) is 11.9. The molecule has 0 saturated carbocycles. The van der Waals surface area contributed by atoms with Gasteiger partial charge in [-0.1, -0.05) is 0 Å². The maximum absolute atomic E-state index is 12.3. The Hall–Kier alpha value is -1.83. The van der Waals surface area contributed by atoms with Crippen molar-refractivity contribution in [2.24, 2.45) is 16.6 Å². The van der Waals surface area contributed by atoms with Crippen LogP contribution in [0.2, 0.25) is 0 Å². The minimum Gasteiger partial charge on any atom is -0.386 e. The van der Waals surface area contributed by atoms with Crippen molar-refractivity contribution < 1.29 is 14.4 Å². The van der Waals surface area contributed by atoms with Crippen LogP contribution in [0.25, 0.3) is 0 Å². The molecule has 1 aliphatic rings. The van der Waals surface area contributed by atoms with Crippen LogP contribution < -0.4 is 21.7 Å². The molecule has 142 valence electrons. The Morgan fingerprint density at radius 1 is 1.32 bits per heavy atom. The van der Waals surface area contributed by atoms with Gasteiger partial charge in [0.2, 0.25) is 17.7 Å². The van der Waals surface area contributed by atoms with E-state index in [1.807, 2.05) is 0 Å². The number of halogens is 1. The van der Waals surface area contributed by atoms with Gasteiger partial charge in [0.25, 0.3) is 0 Å². The molecule has 5 N–H and O–H groups in total. The number of amidine groups is 1. The Labute approximate surface area is 153 Å². The van der Waals surface area contributed by atoms with Gasteiger partial charge in [0.15, 0.2) is 0 Å². The number of nitrogens with two attached hydrogens (primary N) is 1. The van der Waals surface area contributed by atoms with Gasteiger partial charge in [0.05, 0.1) is 11.8 Å². The van der Waals surface area contributed by atoms with Crippen LogP contribution in [-0.4, -0.2) is 55.1 Å². The van der Waals surface area contributed by atoms with Crippen LogP contribution in [0.5, 0.6) is 0 Å². The second-order valence-electron chi connectivity index (χ2n) is 6.13. The highest BCUT2D eigenvalue weighted by atomic mass is 35.5. The molecule has 1 unspecified atom stereocenters. The monoisotopic (exact) mass is 373 g/mol. The Morgan fingerprint density at radius 3 is 2.76 bits per heavy atom. The lowest BCUT2D eigenvalue weighted by atomic mass is 10.0. The highest BCUT2D eigenvalue weighted by Gasteiger charge is 2.24. The van der Waals surface area contributed by atoms with Crippen LogP contribution in [0.1, 0.15) is 39.0 Å². The number of rotatable bonds is 6. The fraction of sp³-hybridized carbons (Fsp3) is 0.750. The van der Waals surface area contributed by atoms with E-state index in [2.05, 4.69) is 20.9 Å². The summed E-state index contributed by atoms with van der Waals surface area (Å²) in [5.41, 5.74) is 5.54. The molecule has 2 atom stereocenters. The summed E-state index contributed by atoms with van der Waals surface area (Å²) in [6.07, 6.45) is 3.31. The Kier molecular flexibility index (Phi) is 9.91. The number of alkyl halides is 1. The molecule has 9 heteroatoms. The standard InChI is InChI=1S/C16H28ClN5O3/c1-11(23)22-13-6-2-3-7-20-15(24)12(10-21-16(13)25)5-4-8-19-14(18)9-17/h12-13H,2-10H2,1H3,(H2,18,19)(H,20,24)(H,21,25)(H,22,23)/t12-,13?/m1/s1. The summed E-state index contributed by atoms with van der Waals surface area (Å²) in [5, 5.41) is 8.35. The molecule has 1 fully saturated rings. The first-order valence-electron chi connectivity index (χ1n) is 8.61. The van der Waals surface area contributed by atoms with Gasteiger partial charge in [-0.25, -0.2) is 0 Å². The van der Waals surface area contributed by atoms with Gasteiger partial charge in [0, 0.05) is 26.6 Å². The number of nitrogens with zero attached hydrogens (tertiary/aromatic N) is 1. The highest BCUT2D eigenvalue weighted by Crippen LogP contribution is 2.09. The SMILES string of the molecule is CC(=O)NC1CCCCNC(=O)[C@H](CCCN=C(N)CCl)CNC1=O.